The van der Waals surface area contributed by atoms with Crippen molar-refractivity contribution in [1.82, 2.24) is 5.32 Å². The second kappa shape index (κ2) is 12.3. The van der Waals surface area contributed by atoms with Gasteiger partial charge in [-0.05, 0) is 80.8 Å². The van der Waals surface area contributed by atoms with E-state index in [2.05, 4.69) is 5.32 Å². The van der Waals surface area contributed by atoms with Gasteiger partial charge in [0.15, 0.2) is 6.61 Å². The van der Waals surface area contributed by atoms with Crippen molar-refractivity contribution in [2.45, 2.75) is 50.7 Å². The van der Waals surface area contributed by atoms with Gasteiger partial charge in [-0.3, -0.25) is 4.79 Å². The van der Waals surface area contributed by atoms with Crippen molar-refractivity contribution in [2.75, 3.05) is 13.2 Å². The number of rotatable bonds is 10. The number of hydrogen-bond donors (Lipinski definition) is 2. The minimum Gasteiger partial charge on any atom is -0.491 e. The molecule has 1 fully saturated rings. The summed E-state index contributed by atoms with van der Waals surface area (Å²) >= 11 is 11.5. The van der Waals surface area contributed by atoms with Crippen LogP contribution in [-0.2, 0) is 4.79 Å². The van der Waals surface area contributed by atoms with E-state index in [0.29, 0.717) is 28.9 Å². The number of carbonyl (C=O) groups excluding carboxylic acids is 1. The highest BCUT2D eigenvalue weighted by Gasteiger charge is 2.23. The first-order valence-corrected chi connectivity index (χ1v) is 11.6. The van der Waals surface area contributed by atoms with Gasteiger partial charge in [0.05, 0.1) is 11.1 Å². The van der Waals surface area contributed by atoms with E-state index < -0.39 is 11.9 Å². The van der Waals surface area contributed by atoms with Gasteiger partial charge < -0.3 is 19.9 Å². The Kier molecular flexibility index (Phi) is 9.45. The maximum Gasteiger partial charge on any atom is 0.258 e. The van der Waals surface area contributed by atoms with Crippen LogP contribution in [-0.4, -0.2) is 36.4 Å². The van der Waals surface area contributed by atoms with Crippen LogP contribution >= 0.6 is 23.2 Å². The minimum atomic E-state index is -0.615. The summed E-state index contributed by atoms with van der Waals surface area (Å²) in [5, 5.41) is 13.9. The zero-order valence-electron chi connectivity index (χ0n) is 17.7. The van der Waals surface area contributed by atoms with Gasteiger partial charge in [-0.15, -0.1) is 0 Å². The quantitative estimate of drug-likeness (QED) is 0.474. The van der Waals surface area contributed by atoms with Gasteiger partial charge in [-0.1, -0.05) is 23.2 Å². The standard InChI is InChI=1S/C24H28Cl2FNO4/c25-17-4-9-20(10-5-17)32-15-24(30)28-18-6-1-16(2-7-18)3-8-19(29)14-31-21-11-12-22(26)23(27)13-21/h4-5,9-13,16,18-19,29H,1-3,6-8,14-15H2,(H,28,30). The average molecular weight is 484 g/mol. The van der Waals surface area contributed by atoms with E-state index >= 15 is 0 Å². The van der Waals surface area contributed by atoms with Gasteiger partial charge >= 0.3 is 0 Å². The number of benzene rings is 2. The van der Waals surface area contributed by atoms with Gasteiger partial charge in [0.1, 0.15) is 23.9 Å². The van der Waals surface area contributed by atoms with Crippen molar-refractivity contribution in [3.05, 3.63) is 58.3 Å². The largest absolute Gasteiger partial charge is 0.491 e. The molecule has 0 spiro atoms. The number of hydrogen-bond acceptors (Lipinski definition) is 4. The number of nitrogens with one attached hydrogen (secondary N) is 1. The number of aliphatic hydroxyl groups excluding tert-OH is 1. The monoisotopic (exact) mass is 483 g/mol. The second-order valence-electron chi connectivity index (χ2n) is 8.15. The fourth-order valence-electron chi connectivity index (χ4n) is 3.81. The number of ether oxygens (including phenoxy) is 2. The van der Waals surface area contributed by atoms with Crippen LogP contribution in [0.5, 0.6) is 11.5 Å². The molecule has 1 saturated carbocycles. The van der Waals surface area contributed by atoms with Gasteiger partial charge in [0.2, 0.25) is 0 Å². The summed E-state index contributed by atoms with van der Waals surface area (Å²) < 4.78 is 24.4. The summed E-state index contributed by atoms with van der Waals surface area (Å²) in [4.78, 5) is 12.1. The van der Waals surface area contributed by atoms with E-state index in [0.717, 1.165) is 32.1 Å². The molecule has 0 aromatic heterocycles. The lowest BCUT2D eigenvalue weighted by Crippen LogP contribution is -2.40. The lowest BCUT2D eigenvalue weighted by atomic mass is 9.83. The van der Waals surface area contributed by atoms with Crippen molar-refractivity contribution < 1.29 is 23.8 Å². The number of halogens is 3. The molecule has 8 heteroatoms. The number of aliphatic hydroxyl groups is 1. The van der Waals surface area contributed by atoms with Crippen LogP contribution in [0.2, 0.25) is 10.0 Å². The minimum absolute atomic E-state index is 0.0225. The highest BCUT2D eigenvalue weighted by atomic mass is 35.5. The summed E-state index contributed by atoms with van der Waals surface area (Å²) in [5.74, 6) is 0.795. The molecule has 0 bridgehead atoms. The fraction of sp³-hybridized carbons (Fsp3) is 0.458. The molecule has 5 nitrogen and oxygen atoms in total. The Hall–Kier alpha value is -2.02. The fourth-order valence-corrected chi connectivity index (χ4v) is 4.06. The molecule has 1 aliphatic carbocycles. The van der Waals surface area contributed by atoms with E-state index in [1.807, 2.05) is 0 Å². The van der Waals surface area contributed by atoms with Crippen molar-refractivity contribution in [3.8, 4) is 11.5 Å². The predicted molar refractivity (Wildman–Crippen MR) is 123 cm³/mol. The molecule has 1 amide bonds. The smallest absolute Gasteiger partial charge is 0.258 e. The maximum atomic E-state index is 13.4. The van der Waals surface area contributed by atoms with Gasteiger partial charge in [0.25, 0.3) is 5.91 Å². The van der Waals surface area contributed by atoms with Crippen LogP contribution in [0, 0.1) is 11.7 Å². The topological polar surface area (TPSA) is 67.8 Å². The number of amides is 1. The Bertz CT molecular complexity index is 873. The molecule has 0 saturated heterocycles. The predicted octanol–water partition coefficient (Wildman–Crippen LogP) is 5.41. The van der Waals surface area contributed by atoms with Gasteiger partial charge in [-0.2, -0.15) is 0 Å². The highest BCUT2D eigenvalue weighted by molar-refractivity contribution is 6.30. The summed E-state index contributed by atoms with van der Waals surface area (Å²) in [5.41, 5.74) is 0. The Morgan fingerprint density at radius 1 is 1.06 bits per heavy atom. The molecule has 2 N–H and O–H groups in total. The molecule has 2 aromatic rings. The van der Waals surface area contributed by atoms with E-state index in [9.17, 15) is 14.3 Å². The SMILES string of the molecule is O=C(COc1ccc(Cl)cc1)NC1CCC(CCC(O)COc2ccc(Cl)c(F)c2)CC1. The summed E-state index contributed by atoms with van der Waals surface area (Å²) in [6, 6.07) is 11.3. The Balaban J connectivity index is 1.28. The maximum absolute atomic E-state index is 13.4. The van der Waals surface area contributed by atoms with Crippen LogP contribution in [0.4, 0.5) is 4.39 Å². The van der Waals surface area contributed by atoms with E-state index in [1.165, 1.54) is 12.1 Å². The van der Waals surface area contributed by atoms with E-state index in [4.69, 9.17) is 32.7 Å². The second-order valence-corrected chi connectivity index (χ2v) is 8.99. The van der Waals surface area contributed by atoms with Crippen LogP contribution in [0.25, 0.3) is 0 Å². The first-order valence-electron chi connectivity index (χ1n) is 10.8. The Morgan fingerprint density at radius 3 is 2.44 bits per heavy atom. The normalized spacial score (nSPS) is 19.2. The van der Waals surface area contributed by atoms with Gasteiger partial charge in [-0.25, -0.2) is 4.39 Å². The zero-order valence-corrected chi connectivity index (χ0v) is 19.2. The van der Waals surface area contributed by atoms with Crippen molar-refractivity contribution in [1.29, 1.82) is 0 Å². The Labute approximate surface area is 197 Å². The molecule has 0 aliphatic heterocycles. The third kappa shape index (κ3) is 8.15. The molecule has 1 aliphatic rings. The van der Waals surface area contributed by atoms with E-state index in [-0.39, 0.29) is 30.2 Å². The molecule has 3 rings (SSSR count). The van der Waals surface area contributed by atoms with Crippen LogP contribution in [0.1, 0.15) is 38.5 Å². The molecule has 1 unspecified atom stereocenters. The van der Waals surface area contributed by atoms with E-state index in [1.54, 1.807) is 30.3 Å². The summed E-state index contributed by atoms with van der Waals surface area (Å²) in [7, 11) is 0. The molecule has 2 aromatic carbocycles. The van der Waals surface area contributed by atoms with Gasteiger partial charge in [0, 0.05) is 17.1 Å². The first-order chi connectivity index (χ1) is 15.4. The van der Waals surface area contributed by atoms with Crippen LogP contribution < -0.4 is 14.8 Å². The molecule has 32 heavy (non-hydrogen) atoms. The molecular formula is C24H28Cl2FNO4. The first kappa shape index (κ1) is 24.6. The molecular weight excluding hydrogens is 456 g/mol. The highest BCUT2D eigenvalue weighted by Crippen LogP contribution is 2.28. The lowest BCUT2D eigenvalue weighted by Gasteiger charge is -2.29. The summed E-state index contributed by atoms with van der Waals surface area (Å²) in [6.07, 6.45) is 4.71. The third-order valence-corrected chi connectivity index (χ3v) is 6.20. The molecule has 0 radical (unpaired) electrons. The average Bonchev–Trinajstić information content (AvgIpc) is 2.79. The van der Waals surface area contributed by atoms with Crippen molar-refractivity contribution in [2.24, 2.45) is 5.92 Å². The molecule has 1 atom stereocenters. The lowest BCUT2D eigenvalue weighted by molar-refractivity contribution is -0.124. The van der Waals surface area contributed by atoms with Crippen LogP contribution in [0.3, 0.4) is 0 Å². The van der Waals surface area contributed by atoms with Crippen molar-refractivity contribution >= 4 is 29.1 Å². The number of carbonyl (C=O) groups is 1. The molecule has 174 valence electrons. The zero-order chi connectivity index (χ0) is 22.9. The molecule has 0 heterocycles. The third-order valence-electron chi connectivity index (χ3n) is 5.64. The van der Waals surface area contributed by atoms with Crippen LogP contribution in [0.15, 0.2) is 42.5 Å². The van der Waals surface area contributed by atoms with Crippen molar-refractivity contribution in [3.63, 3.8) is 0 Å². The summed E-state index contributed by atoms with van der Waals surface area (Å²) in [6.45, 7) is 0.0887. The Morgan fingerprint density at radius 2 is 1.75 bits per heavy atom.